The number of nitrogens with zero attached hydrogens (tertiary/aromatic N) is 1. The summed E-state index contributed by atoms with van der Waals surface area (Å²) in [7, 11) is 0. The van der Waals surface area contributed by atoms with Crippen LogP contribution in [0.15, 0.2) is 18.2 Å². The van der Waals surface area contributed by atoms with Crippen LogP contribution >= 0.6 is 0 Å². The van der Waals surface area contributed by atoms with Crippen LogP contribution in [0.1, 0.15) is 38.7 Å². The summed E-state index contributed by atoms with van der Waals surface area (Å²) in [6.07, 6.45) is 0. The first-order valence-electron chi connectivity index (χ1n) is 9.14. The van der Waals surface area contributed by atoms with Gasteiger partial charge in [-0.25, -0.2) is 0 Å². The highest BCUT2D eigenvalue weighted by atomic mass is 16.2. The molecule has 0 aliphatic rings. The summed E-state index contributed by atoms with van der Waals surface area (Å²) in [5.74, 6) is -0.385. The minimum absolute atomic E-state index is 0.210. The Morgan fingerprint density at radius 1 is 1.32 bits per heavy atom. The zero-order valence-electron chi connectivity index (χ0n) is 17.2. The summed E-state index contributed by atoms with van der Waals surface area (Å²) in [6.45, 7) is 2.06. The minimum Gasteiger partial charge on any atom is -0.321 e. The zero-order chi connectivity index (χ0) is 18.8. The first kappa shape index (κ1) is 9.54. The van der Waals surface area contributed by atoms with Crippen LogP contribution in [0, 0.1) is 13.8 Å². The van der Waals surface area contributed by atoms with E-state index >= 15 is 0 Å². The minimum atomic E-state index is -2.81. The van der Waals surface area contributed by atoms with Crippen LogP contribution in [0.2, 0.25) is 0 Å². The Bertz CT molecular complexity index is 574. The molecule has 1 rings (SSSR count). The molecule has 1 amide bonds. The van der Waals surface area contributed by atoms with Gasteiger partial charge in [0.15, 0.2) is 6.54 Å². The Labute approximate surface area is 124 Å². The van der Waals surface area contributed by atoms with Crippen molar-refractivity contribution in [2.24, 2.45) is 0 Å². The Hall–Kier alpha value is -1.35. The number of quaternary nitrogens is 1. The van der Waals surface area contributed by atoms with Crippen molar-refractivity contribution >= 4 is 11.6 Å². The lowest BCUT2D eigenvalue weighted by atomic mass is 10.1. The van der Waals surface area contributed by atoms with Gasteiger partial charge in [0.05, 0.1) is 22.3 Å². The van der Waals surface area contributed by atoms with Crippen LogP contribution in [-0.4, -0.2) is 36.5 Å². The lowest BCUT2D eigenvalue weighted by Gasteiger charge is -2.35. The Morgan fingerprint density at radius 2 is 1.89 bits per heavy atom. The second-order valence-electron chi connectivity index (χ2n) is 4.86. The smallest absolute Gasteiger partial charge is 0.279 e. The van der Waals surface area contributed by atoms with Crippen LogP contribution in [0.5, 0.6) is 0 Å². The highest BCUT2D eigenvalue weighted by Gasteiger charge is 2.25. The van der Waals surface area contributed by atoms with E-state index in [4.69, 9.17) is 6.85 Å². The Balaban J connectivity index is 3.11. The number of likely N-dealkylation sites (N-methyl/N-ethyl adjacent to an activating group) is 1. The monoisotopic (exact) mass is 268 g/mol. The molecule has 3 heteroatoms. The number of aryl methyl sites for hydroxylation is 2. The SMILES string of the molecule is [2H]C([2H])([2H])C([2H])([2H])[N+](CC)(CC)CC(=O)Nc1c(C)cccc1C. The molecular weight excluding hydrogens is 236 g/mol. The number of carbonyl (C=O) groups excluding carboxylic acids is 1. The van der Waals surface area contributed by atoms with E-state index in [-0.39, 0.29) is 25.5 Å². The maximum atomic E-state index is 12.5. The molecule has 0 heterocycles. The lowest BCUT2D eigenvalue weighted by molar-refractivity contribution is -0.915. The largest absolute Gasteiger partial charge is 0.321 e. The van der Waals surface area contributed by atoms with Gasteiger partial charge in [0.1, 0.15) is 0 Å². The van der Waals surface area contributed by atoms with E-state index in [9.17, 15) is 4.79 Å². The van der Waals surface area contributed by atoms with Crippen molar-refractivity contribution in [3.05, 3.63) is 29.3 Å². The number of anilines is 1. The summed E-state index contributed by atoms with van der Waals surface area (Å²) < 4.78 is 38.5. The molecule has 0 atom stereocenters. The van der Waals surface area contributed by atoms with Crippen molar-refractivity contribution in [1.82, 2.24) is 0 Å². The van der Waals surface area contributed by atoms with E-state index in [1.807, 2.05) is 32.0 Å². The first-order chi connectivity index (χ1) is 10.9. The average Bonchev–Trinajstić information content (AvgIpc) is 2.47. The molecule has 106 valence electrons. The van der Waals surface area contributed by atoms with E-state index in [1.165, 1.54) is 0 Å². The number of nitrogens with one attached hydrogen (secondary N) is 1. The van der Waals surface area contributed by atoms with Gasteiger partial charge in [0, 0.05) is 9.80 Å². The van der Waals surface area contributed by atoms with Crippen LogP contribution in [-0.2, 0) is 4.79 Å². The fourth-order valence-corrected chi connectivity index (χ4v) is 2.11. The molecule has 0 aromatic heterocycles. The predicted octanol–water partition coefficient (Wildman–Crippen LogP) is 3.12. The van der Waals surface area contributed by atoms with Gasteiger partial charge in [-0.3, -0.25) is 4.79 Å². The van der Waals surface area contributed by atoms with Crippen molar-refractivity contribution in [1.29, 1.82) is 0 Å². The highest BCUT2D eigenvalue weighted by molar-refractivity contribution is 5.93. The third-order valence-corrected chi connectivity index (χ3v) is 3.64. The van der Waals surface area contributed by atoms with Gasteiger partial charge in [-0.15, -0.1) is 0 Å². The van der Waals surface area contributed by atoms with Crippen LogP contribution in [0.3, 0.4) is 0 Å². The predicted molar refractivity (Wildman–Crippen MR) is 81.3 cm³/mol. The van der Waals surface area contributed by atoms with Gasteiger partial charge in [-0.1, -0.05) is 18.2 Å². The topological polar surface area (TPSA) is 29.1 Å². The molecule has 0 radical (unpaired) electrons. The zero-order valence-corrected chi connectivity index (χ0v) is 12.2. The third kappa shape index (κ3) is 3.80. The number of para-hydroxylation sites is 1. The Kier molecular flexibility index (Phi) is 3.37. The highest BCUT2D eigenvalue weighted by Crippen LogP contribution is 2.19. The molecule has 19 heavy (non-hydrogen) atoms. The number of carbonyl (C=O) groups is 1. The van der Waals surface area contributed by atoms with E-state index < -0.39 is 17.8 Å². The quantitative estimate of drug-likeness (QED) is 0.789. The second kappa shape index (κ2) is 6.71. The van der Waals surface area contributed by atoms with Gasteiger partial charge >= 0.3 is 0 Å². The fraction of sp³-hybridized carbons (Fsp3) is 0.562. The molecule has 0 aliphatic carbocycles. The van der Waals surface area contributed by atoms with Gasteiger partial charge in [0.2, 0.25) is 0 Å². The van der Waals surface area contributed by atoms with Gasteiger partial charge in [-0.2, -0.15) is 0 Å². The van der Waals surface area contributed by atoms with Gasteiger partial charge in [0.25, 0.3) is 5.91 Å². The van der Waals surface area contributed by atoms with E-state index in [0.717, 1.165) is 11.1 Å². The summed E-state index contributed by atoms with van der Waals surface area (Å²) in [5, 5.41) is 2.82. The van der Waals surface area contributed by atoms with Crippen molar-refractivity contribution < 1.29 is 16.1 Å². The van der Waals surface area contributed by atoms with E-state index in [0.29, 0.717) is 5.69 Å². The molecule has 1 aromatic carbocycles. The lowest BCUT2D eigenvalue weighted by Crippen LogP contribution is -2.52. The van der Waals surface area contributed by atoms with Crippen molar-refractivity contribution in [3.63, 3.8) is 0 Å². The van der Waals surface area contributed by atoms with Crippen molar-refractivity contribution in [2.75, 3.05) is 31.4 Å². The third-order valence-electron chi connectivity index (χ3n) is 3.64. The number of rotatable bonds is 6. The normalized spacial score (nSPS) is 16.7. The summed E-state index contributed by atoms with van der Waals surface area (Å²) in [6, 6.07) is 5.66. The molecule has 1 aromatic rings. The van der Waals surface area contributed by atoms with Crippen LogP contribution in [0.4, 0.5) is 5.69 Å². The summed E-state index contributed by atoms with van der Waals surface area (Å²) in [5.41, 5.74) is 2.52. The average molecular weight is 268 g/mol. The van der Waals surface area contributed by atoms with E-state index in [2.05, 4.69) is 5.32 Å². The molecule has 0 fully saturated rings. The molecule has 3 nitrogen and oxygen atoms in total. The molecule has 0 unspecified atom stereocenters. The van der Waals surface area contributed by atoms with Gasteiger partial charge in [-0.05, 0) is 45.7 Å². The van der Waals surface area contributed by atoms with Crippen molar-refractivity contribution in [2.45, 2.75) is 34.5 Å². The summed E-state index contributed by atoms with van der Waals surface area (Å²) >= 11 is 0. The van der Waals surface area contributed by atoms with E-state index in [1.54, 1.807) is 13.8 Å². The van der Waals surface area contributed by atoms with Crippen molar-refractivity contribution in [3.8, 4) is 0 Å². The maximum Gasteiger partial charge on any atom is 0.279 e. The molecule has 0 saturated heterocycles. The number of benzene rings is 1. The molecule has 0 aliphatic heterocycles. The fourth-order valence-electron chi connectivity index (χ4n) is 2.11. The number of hydrogen-bond acceptors (Lipinski definition) is 1. The summed E-state index contributed by atoms with van der Waals surface area (Å²) in [4.78, 5) is 12.5. The second-order valence-corrected chi connectivity index (χ2v) is 4.86. The van der Waals surface area contributed by atoms with Crippen LogP contribution in [0.25, 0.3) is 0 Å². The maximum absolute atomic E-state index is 12.5. The number of hydrogen-bond donors (Lipinski definition) is 1. The molecule has 0 saturated carbocycles. The standard InChI is InChI=1S/C16H26N2O/c1-6-18(7-2,8-3)12-15(19)17-16-13(4)10-9-11-14(16)5/h9-11H,6-8,12H2,1-5H3/p+1/i1D3,6D2. The number of amides is 1. The molecule has 1 N–H and O–H groups in total. The molecular formula is C16H27N2O+. The first-order valence-corrected chi connectivity index (χ1v) is 6.64. The molecule has 0 bridgehead atoms. The van der Waals surface area contributed by atoms with Gasteiger partial charge < -0.3 is 9.80 Å². The molecule has 0 spiro atoms. The Morgan fingerprint density at radius 3 is 2.37 bits per heavy atom. The van der Waals surface area contributed by atoms with Crippen LogP contribution < -0.4 is 5.32 Å².